The number of hydrogen-bond acceptors (Lipinski definition) is 3. The van der Waals surface area contributed by atoms with E-state index >= 15 is 0 Å². The summed E-state index contributed by atoms with van der Waals surface area (Å²) in [7, 11) is 1.63. The van der Waals surface area contributed by atoms with Crippen LogP contribution in [-0.4, -0.2) is 12.9 Å². The zero-order chi connectivity index (χ0) is 11.5. The fourth-order valence-corrected chi connectivity index (χ4v) is 2.22. The van der Waals surface area contributed by atoms with Crippen molar-refractivity contribution in [2.24, 2.45) is 0 Å². The molecule has 0 aliphatic rings. The van der Waals surface area contributed by atoms with Gasteiger partial charge in [-0.3, -0.25) is 4.79 Å². The van der Waals surface area contributed by atoms with Gasteiger partial charge in [-0.15, -0.1) is 0 Å². The molecule has 16 heavy (non-hydrogen) atoms. The zero-order valence-corrected chi connectivity index (χ0v) is 10.0. The van der Waals surface area contributed by atoms with Crippen molar-refractivity contribution in [2.45, 2.75) is 6.92 Å². The molecule has 0 aliphatic carbocycles. The Labute approximate surface area is 98.5 Å². The number of carbonyl (C=O) groups is 1. The van der Waals surface area contributed by atoms with E-state index in [1.165, 1.54) is 11.3 Å². The predicted molar refractivity (Wildman–Crippen MR) is 65.5 cm³/mol. The summed E-state index contributed by atoms with van der Waals surface area (Å²) in [5, 5.41) is 3.77. The van der Waals surface area contributed by atoms with Gasteiger partial charge < -0.3 is 4.74 Å². The second kappa shape index (κ2) is 4.49. The van der Waals surface area contributed by atoms with Gasteiger partial charge in [0, 0.05) is 16.5 Å². The number of methoxy groups -OCH3 is 1. The van der Waals surface area contributed by atoms with Crippen molar-refractivity contribution in [1.29, 1.82) is 0 Å². The highest BCUT2D eigenvalue weighted by Crippen LogP contribution is 2.21. The van der Waals surface area contributed by atoms with E-state index in [4.69, 9.17) is 4.74 Å². The van der Waals surface area contributed by atoms with Crippen LogP contribution in [0.5, 0.6) is 5.75 Å². The topological polar surface area (TPSA) is 26.3 Å². The number of rotatable bonds is 3. The van der Waals surface area contributed by atoms with Gasteiger partial charge in [0.05, 0.1) is 7.11 Å². The molecule has 0 aliphatic heterocycles. The number of hydrogen-bond donors (Lipinski definition) is 0. The van der Waals surface area contributed by atoms with Gasteiger partial charge in [0.1, 0.15) is 5.75 Å². The third-order valence-electron chi connectivity index (χ3n) is 2.44. The minimum Gasteiger partial charge on any atom is -0.496 e. The maximum absolute atomic E-state index is 12.0. The summed E-state index contributed by atoms with van der Waals surface area (Å²) < 4.78 is 5.16. The molecule has 2 nitrogen and oxygen atoms in total. The maximum atomic E-state index is 12.0. The molecule has 2 rings (SSSR count). The average molecular weight is 232 g/mol. The van der Waals surface area contributed by atoms with Crippen molar-refractivity contribution in [3.8, 4) is 5.75 Å². The normalized spacial score (nSPS) is 10.1. The molecular formula is C13H12O2S. The molecular weight excluding hydrogens is 220 g/mol. The van der Waals surface area contributed by atoms with Crippen molar-refractivity contribution in [3.05, 3.63) is 51.7 Å². The molecule has 0 bridgehead atoms. The Morgan fingerprint density at radius 3 is 2.62 bits per heavy atom. The lowest BCUT2D eigenvalue weighted by atomic mass is 10.0. The molecule has 0 radical (unpaired) electrons. The van der Waals surface area contributed by atoms with Crippen LogP contribution in [0.2, 0.25) is 0 Å². The summed E-state index contributed by atoms with van der Waals surface area (Å²) in [5.74, 6) is 0.869. The van der Waals surface area contributed by atoms with Gasteiger partial charge >= 0.3 is 0 Å². The van der Waals surface area contributed by atoms with Gasteiger partial charge in [0.25, 0.3) is 0 Å². The number of thiophene rings is 1. The summed E-state index contributed by atoms with van der Waals surface area (Å²) in [5.41, 5.74) is 2.43. The van der Waals surface area contributed by atoms with E-state index in [1.807, 2.05) is 35.9 Å². The van der Waals surface area contributed by atoms with E-state index in [1.54, 1.807) is 13.2 Å². The van der Waals surface area contributed by atoms with Crippen molar-refractivity contribution in [1.82, 2.24) is 0 Å². The van der Waals surface area contributed by atoms with Gasteiger partial charge in [0.15, 0.2) is 5.78 Å². The molecule has 0 unspecified atom stereocenters. The van der Waals surface area contributed by atoms with Gasteiger partial charge in [0.2, 0.25) is 0 Å². The Bertz CT molecular complexity index is 501. The van der Waals surface area contributed by atoms with E-state index in [0.717, 1.165) is 16.9 Å². The fourth-order valence-electron chi connectivity index (χ4n) is 1.58. The Kier molecular flexibility index (Phi) is 3.06. The van der Waals surface area contributed by atoms with Gasteiger partial charge in [-0.2, -0.15) is 11.3 Å². The lowest BCUT2D eigenvalue weighted by molar-refractivity contribution is 0.103. The number of carbonyl (C=O) groups excluding carboxylic acids is 1. The van der Waals surface area contributed by atoms with E-state index < -0.39 is 0 Å². The van der Waals surface area contributed by atoms with Crippen LogP contribution in [0.15, 0.2) is 35.0 Å². The van der Waals surface area contributed by atoms with Crippen LogP contribution < -0.4 is 4.74 Å². The van der Waals surface area contributed by atoms with Crippen molar-refractivity contribution >= 4 is 17.1 Å². The molecule has 0 saturated carbocycles. The van der Waals surface area contributed by atoms with Crippen LogP contribution in [0, 0.1) is 6.92 Å². The Balaban J connectivity index is 2.35. The Morgan fingerprint density at radius 1 is 1.25 bits per heavy atom. The summed E-state index contributed by atoms with van der Waals surface area (Å²) in [4.78, 5) is 12.0. The summed E-state index contributed by atoms with van der Waals surface area (Å²) in [6.07, 6.45) is 0. The second-order valence-electron chi connectivity index (χ2n) is 3.53. The molecule has 0 fully saturated rings. The third-order valence-corrected chi connectivity index (χ3v) is 3.12. The highest BCUT2D eigenvalue weighted by Gasteiger charge is 2.10. The van der Waals surface area contributed by atoms with Crippen molar-refractivity contribution in [3.63, 3.8) is 0 Å². The zero-order valence-electron chi connectivity index (χ0n) is 9.19. The molecule has 2 aromatic rings. The molecule has 0 saturated heterocycles. The first kappa shape index (κ1) is 10.9. The average Bonchev–Trinajstić information content (AvgIpc) is 2.81. The third kappa shape index (κ3) is 1.99. The van der Waals surface area contributed by atoms with Crippen molar-refractivity contribution < 1.29 is 9.53 Å². The van der Waals surface area contributed by atoms with Gasteiger partial charge in [-0.1, -0.05) is 0 Å². The number of ether oxygens (including phenoxy) is 1. The summed E-state index contributed by atoms with van der Waals surface area (Å²) >= 11 is 1.53. The quantitative estimate of drug-likeness (QED) is 0.759. The first-order valence-electron chi connectivity index (χ1n) is 4.94. The number of aryl methyl sites for hydroxylation is 1. The maximum Gasteiger partial charge on any atom is 0.193 e. The number of benzene rings is 1. The number of ketones is 1. The highest BCUT2D eigenvalue weighted by molar-refractivity contribution is 7.08. The molecule has 0 atom stereocenters. The second-order valence-corrected chi connectivity index (χ2v) is 4.31. The molecule has 1 aromatic carbocycles. The molecule has 1 heterocycles. The molecule has 82 valence electrons. The van der Waals surface area contributed by atoms with Crippen LogP contribution >= 0.6 is 11.3 Å². The molecule has 1 aromatic heterocycles. The SMILES string of the molecule is COc1ccc(C(=O)c2ccsc2)cc1C. The van der Waals surface area contributed by atoms with Gasteiger partial charge in [-0.05, 0) is 42.1 Å². The van der Waals surface area contributed by atoms with E-state index in [-0.39, 0.29) is 5.78 Å². The van der Waals surface area contributed by atoms with Crippen LogP contribution in [0.3, 0.4) is 0 Å². The lowest BCUT2D eigenvalue weighted by Gasteiger charge is -2.06. The molecule has 0 amide bonds. The Hall–Kier alpha value is -1.61. The minimum absolute atomic E-state index is 0.0620. The summed E-state index contributed by atoms with van der Waals surface area (Å²) in [6.45, 7) is 1.93. The minimum atomic E-state index is 0.0620. The van der Waals surface area contributed by atoms with E-state index in [2.05, 4.69) is 0 Å². The fraction of sp³-hybridized carbons (Fsp3) is 0.154. The van der Waals surface area contributed by atoms with E-state index in [9.17, 15) is 4.79 Å². The predicted octanol–water partition coefficient (Wildman–Crippen LogP) is 3.30. The largest absolute Gasteiger partial charge is 0.496 e. The van der Waals surface area contributed by atoms with E-state index in [0.29, 0.717) is 5.56 Å². The van der Waals surface area contributed by atoms with Crippen LogP contribution in [0.1, 0.15) is 21.5 Å². The lowest BCUT2D eigenvalue weighted by Crippen LogP contribution is -2.00. The highest BCUT2D eigenvalue weighted by atomic mass is 32.1. The molecule has 0 N–H and O–H groups in total. The first-order valence-corrected chi connectivity index (χ1v) is 5.88. The summed E-state index contributed by atoms with van der Waals surface area (Å²) in [6, 6.07) is 7.33. The molecule has 0 spiro atoms. The standard InChI is InChI=1S/C13H12O2S/c1-9-7-10(3-4-12(9)15-2)13(14)11-5-6-16-8-11/h3-8H,1-2H3. The van der Waals surface area contributed by atoms with Crippen LogP contribution in [0.25, 0.3) is 0 Å². The van der Waals surface area contributed by atoms with Crippen molar-refractivity contribution in [2.75, 3.05) is 7.11 Å². The first-order chi connectivity index (χ1) is 7.72. The smallest absolute Gasteiger partial charge is 0.193 e. The monoisotopic (exact) mass is 232 g/mol. The Morgan fingerprint density at radius 2 is 2.06 bits per heavy atom. The molecule has 3 heteroatoms. The van der Waals surface area contributed by atoms with Gasteiger partial charge in [-0.25, -0.2) is 0 Å². The van der Waals surface area contributed by atoms with Crippen LogP contribution in [-0.2, 0) is 0 Å². The van der Waals surface area contributed by atoms with Crippen LogP contribution in [0.4, 0.5) is 0 Å².